The Hall–Kier alpha value is -4.30. The van der Waals surface area contributed by atoms with E-state index in [0.717, 1.165) is 5.56 Å². The van der Waals surface area contributed by atoms with Gasteiger partial charge < -0.3 is 9.47 Å². The number of esters is 1. The highest BCUT2D eigenvalue weighted by molar-refractivity contribution is 7.07. The van der Waals surface area contributed by atoms with Crippen molar-refractivity contribution in [3.05, 3.63) is 127 Å². The third-order valence-electron chi connectivity index (χ3n) is 5.97. The molecule has 8 heteroatoms. The van der Waals surface area contributed by atoms with Crippen LogP contribution < -0.4 is 19.6 Å². The fourth-order valence-electron chi connectivity index (χ4n) is 4.25. The fraction of sp³-hybridized carbons (Fsp3) is 0.138. The molecule has 0 unspecified atom stereocenters. The normalized spacial score (nSPS) is 15.2. The maximum absolute atomic E-state index is 13.8. The minimum Gasteiger partial charge on any atom is -0.497 e. The van der Waals surface area contributed by atoms with Crippen molar-refractivity contribution in [1.82, 2.24) is 4.57 Å². The lowest BCUT2D eigenvalue weighted by Crippen LogP contribution is -2.40. The van der Waals surface area contributed by atoms with Crippen LogP contribution >= 0.6 is 11.3 Å². The molecule has 0 saturated carbocycles. The van der Waals surface area contributed by atoms with E-state index in [-0.39, 0.29) is 23.6 Å². The van der Waals surface area contributed by atoms with Gasteiger partial charge in [-0.2, -0.15) is 0 Å². The molecule has 0 aliphatic carbocycles. The molecular formula is C29H23FN2O4S. The summed E-state index contributed by atoms with van der Waals surface area (Å²) in [5.74, 6) is -0.249. The molecule has 0 amide bonds. The molecule has 186 valence electrons. The number of hydrogen-bond acceptors (Lipinski definition) is 6. The molecular weight excluding hydrogens is 491 g/mol. The van der Waals surface area contributed by atoms with E-state index in [1.165, 1.54) is 28.0 Å². The van der Waals surface area contributed by atoms with Crippen molar-refractivity contribution in [2.75, 3.05) is 13.7 Å². The van der Waals surface area contributed by atoms with Crippen LogP contribution in [0.1, 0.15) is 29.7 Å². The quantitative estimate of drug-likeness (QED) is 0.364. The number of fused-ring (bicyclic) bond motifs is 1. The minimum atomic E-state index is -0.771. The van der Waals surface area contributed by atoms with E-state index in [4.69, 9.17) is 14.5 Å². The summed E-state index contributed by atoms with van der Waals surface area (Å²) in [6, 6.07) is 21.7. The number of rotatable bonds is 6. The number of thiazole rings is 1. The van der Waals surface area contributed by atoms with Gasteiger partial charge in [-0.15, -0.1) is 0 Å². The zero-order valence-electron chi connectivity index (χ0n) is 20.2. The summed E-state index contributed by atoms with van der Waals surface area (Å²) in [6.45, 7) is 1.91. The molecule has 1 atom stereocenters. The first-order valence-corrected chi connectivity index (χ1v) is 12.5. The van der Waals surface area contributed by atoms with Crippen LogP contribution in [0, 0.1) is 5.82 Å². The Morgan fingerprint density at radius 2 is 1.76 bits per heavy atom. The Morgan fingerprint density at radius 1 is 1.05 bits per heavy atom. The molecule has 2 heterocycles. The van der Waals surface area contributed by atoms with E-state index in [1.54, 1.807) is 44.4 Å². The summed E-state index contributed by atoms with van der Waals surface area (Å²) in [5.41, 5.74) is 2.55. The van der Waals surface area contributed by atoms with E-state index < -0.39 is 12.0 Å². The lowest BCUT2D eigenvalue weighted by Gasteiger charge is -2.26. The molecule has 3 aromatic carbocycles. The highest BCUT2D eigenvalue weighted by atomic mass is 32.1. The van der Waals surface area contributed by atoms with Gasteiger partial charge in [0.1, 0.15) is 11.6 Å². The SMILES string of the molecule is CCOC(=O)C1=C(c2ccccc2)N=c2s/c(=C\c3ccc(F)cc3)c(=O)n2[C@@H]1c1ccc(OC)cc1. The lowest BCUT2D eigenvalue weighted by molar-refractivity contribution is -0.138. The van der Waals surface area contributed by atoms with E-state index >= 15 is 0 Å². The molecule has 6 nitrogen and oxygen atoms in total. The number of carbonyl (C=O) groups excluding carboxylic acids is 1. The summed E-state index contributed by atoms with van der Waals surface area (Å²) < 4.78 is 26.1. The van der Waals surface area contributed by atoms with Gasteiger partial charge in [-0.25, -0.2) is 14.2 Å². The van der Waals surface area contributed by atoms with Crippen molar-refractivity contribution in [1.29, 1.82) is 0 Å². The average molecular weight is 515 g/mol. The van der Waals surface area contributed by atoms with E-state index in [1.807, 2.05) is 42.5 Å². The molecule has 0 fully saturated rings. The van der Waals surface area contributed by atoms with E-state index in [0.29, 0.717) is 31.9 Å². The second kappa shape index (κ2) is 10.4. The van der Waals surface area contributed by atoms with Gasteiger partial charge in [-0.05, 0) is 48.4 Å². The van der Waals surface area contributed by atoms with Crippen LogP contribution in [-0.2, 0) is 9.53 Å². The van der Waals surface area contributed by atoms with Gasteiger partial charge in [-0.3, -0.25) is 9.36 Å². The van der Waals surface area contributed by atoms with Crippen LogP contribution in [0.4, 0.5) is 4.39 Å². The Morgan fingerprint density at radius 3 is 2.41 bits per heavy atom. The molecule has 0 bridgehead atoms. The molecule has 0 radical (unpaired) electrons. The number of methoxy groups -OCH3 is 1. The monoisotopic (exact) mass is 514 g/mol. The summed E-state index contributed by atoms with van der Waals surface area (Å²) >= 11 is 1.22. The second-order valence-electron chi connectivity index (χ2n) is 8.26. The summed E-state index contributed by atoms with van der Waals surface area (Å²) in [4.78, 5) is 32.4. The van der Waals surface area contributed by atoms with Gasteiger partial charge >= 0.3 is 5.97 Å². The first kappa shape index (κ1) is 24.4. The number of nitrogens with zero attached hydrogens (tertiary/aromatic N) is 2. The maximum atomic E-state index is 13.8. The molecule has 4 aromatic rings. The van der Waals surface area contributed by atoms with Crippen LogP contribution in [0.5, 0.6) is 5.75 Å². The maximum Gasteiger partial charge on any atom is 0.338 e. The van der Waals surface area contributed by atoms with Crippen LogP contribution in [0.2, 0.25) is 0 Å². The van der Waals surface area contributed by atoms with Crippen molar-refractivity contribution < 1.29 is 18.7 Å². The van der Waals surface area contributed by atoms with Gasteiger partial charge in [0.05, 0.1) is 35.6 Å². The average Bonchev–Trinajstić information content (AvgIpc) is 3.24. The number of halogens is 1. The number of aromatic nitrogens is 1. The van der Waals surface area contributed by atoms with E-state index in [2.05, 4.69) is 0 Å². The molecule has 0 spiro atoms. The Labute approximate surface area is 216 Å². The number of ether oxygens (including phenoxy) is 2. The summed E-state index contributed by atoms with van der Waals surface area (Å²) in [7, 11) is 1.57. The molecule has 0 saturated heterocycles. The summed E-state index contributed by atoms with van der Waals surface area (Å²) in [5, 5.41) is 0. The van der Waals surface area contributed by atoms with Crippen LogP contribution in [0.3, 0.4) is 0 Å². The standard InChI is InChI=1S/C29H23FN2O4S/c1-3-36-28(34)24-25(19-7-5-4-6-8-19)31-29-32(26(24)20-11-15-22(35-2)16-12-20)27(33)23(37-29)17-18-9-13-21(30)14-10-18/h4-17,26H,3H2,1-2H3/b23-17-/t26-/m1/s1. The second-order valence-corrected chi connectivity index (χ2v) is 9.27. The summed E-state index contributed by atoms with van der Waals surface area (Å²) in [6.07, 6.45) is 1.70. The third kappa shape index (κ3) is 4.75. The van der Waals surface area contributed by atoms with Gasteiger partial charge in [-0.1, -0.05) is 65.9 Å². The first-order valence-electron chi connectivity index (χ1n) is 11.7. The number of hydrogen-bond donors (Lipinski definition) is 0. The topological polar surface area (TPSA) is 69.9 Å². The predicted molar refractivity (Wildman–Crippen MR) is 140 cm³/mol. The minimum absolute atomic E-state index is 0.175. The van der Waals surface area contributed by atoms with Gasteiger partial charge in [0.25, 0.3) is 5.56 Å². The van der Waals surface area contributed by atoms with Crippen molar-refractivity contribution in [2.45, 2.75) is 13.0 Å². The molecule has 5 rings (SSSR count). The predicted octanol–water partition coefficient (Wildman–Crippen LogP) is 4.08. The van der Waals surface area contributed by atoms with Crippen LogP contribution in [0.25, 0.3) is 11.8 Å². The Bertz CT molecular complexity index is 1650. The molecule has 0 N–H and O–H groups in total. The van der Waals surface area contributed by atoms with Crippen molar-refractivity contribution in [3.63, 3.8) is 0 Å². The molecule has 1 aromatic heterocycles. The lowest BCUT2D eigenvalue weighted by atomic mass is 9.93. The Balaban J connectivity index is 1.81. The fourth-order valence-corrected chi connectivity index (χ4v) is 5.25. The van der Waals surface area contributed by atoms with Crippen molar-refractivity contribution >= 4 is 29.1 Å². The van der Waals surface area contributed by atoms with Gasteiger partial charge in [0.2, 0.25) is 0 Å². The molecule has 1 aliphatic rings. The molecule has 37 heavy (non-hydrogen) atoms. The number of carbonyl (C=O) groups is 1. The third-order valence-corrected chi connectivity index (χ3v) is 6.96. The van der Waals surface area contributed by atoms with Crippen LogP contribution in [-0.4, -0.2) is 24.3 Å². The highest BCUT2D eigenvalue weighted by Gasteiger charge is 2.35. The van der Waals surface area contributed by atoms with Crippen LogP contribution in [0.15, 0.2) is 94.2 Å². The zero-order chi connectivity index (χ0) is 25.9. The Kier molecular flexibility index (Phi) is 6.83. The number of benzene rings is 3. The van der Waals surface area contributed by atoms with Crippen molar-refractivity contribution in [2.24, 2.45) is 4.99 Å². The smallest absolute Gasteiger partial charge is 0.338 e. The van der Waals surface area contributed by atoms with Gasteiger partial charge in [0.15, 0.2) is 4.80 Å². The van der Waals surface area contributed by atoms with E-state index in [9.17, 15) is 14.0 Å². The molecule has 1 aliphatic heterocycles. The highest BCUT2D eigenvalue weighted by Crippen LogP contribution is 2.35. The van der Waals surface area contributed by atoms with Gasteiger partial charge in [0, 0.05) is 5.56 Å². The first-order chi connectivity index (χ1) is 18.0. The largest absolute Gasteiger partial charge is 0.497 e. The zero-order valence-corrected chi connectivity index (χ0v) is 21.0. The van der Waals surface area contributed by atoms with Crippen molar-refractivity contribution in [3.8, 4) is 5.75 Å².